The lowest BCUT2D eigenvalue weighted by Gasteiger charge is -2.42. The van der Waals surface area contributed by atoms with Gasteiger partial charge in [-0.25, -0.2) is 4.79 Å². The van der Waals surface area contributed by atoms with Crippen molar-refractivity contribution >= 4 is 5.97 Å². The number of rotatable bonds is 13. The molecule has 0 heterocycles. The number of esters is 1. The summed E-state index contributed by atoms with van der Waals surface area (Å²) in [5.41, 5.74) is -3.74. The first-order valence-electron chi connectivity index (χ1n) is 11.6. The fourth-order valence-electron chi connectivity index (χ4n) is 3.59. The minimum absolute atomic E-state index is 0.109. The van der Waals surface area contributed by atoms with E-state index in [1.54, 1.807) is 0 Å². The summed E-state index contributed by atoms with van der Waals surface area (Å²) in [5, 5.41) is 10.6. The first kappa shape index (κ1) is 36.0. The molecule has 1 atom stereocenters. The fourth-order valence-corrected chi connectivity index (χ4v) is 3.59. The third-order valence-electron chi connectivity index (χ3n) is 6.17. The van der Waals surface area contributed by atoms with E-state index in [1.165, 1.54) is 60.7 Å². The lowest BCUT2D eigenvalue weighted by Crippen LogP contribution is -2.73. The SMILES string of the molecule is O=C(OCc1ccccc1)C(O)(CCc1ccccc1)CC(F)(F)C(F)(F)C(F)(F)C(F)(F)C(F)(F)C(F)(F)C(F)(F)F. The van der Waals surface area contributed by atoms with Crippen molar-refractivity contribution in [1.29, 1.82) is 0 Å². The molecule has 0 fully saturated rings. The average molecular weight is 652 g/mol. The van der Waals surface area contributed by atoms with Crippen molar-refractivity contribution in [3.05, 3.63) is 71.8 Å². The zero-order chi connectivity index (χ0) is 33.3. The first-order valence-corrected chi connectivity index (χ1v) is 11.6. The molecule has 2 rings (SSSR count). The van der Waals surface area contributed by atoms with Crippen molar-refractivity contribution < 1.29 is 80.5 Å². The Kier molecular flexibility index (Phi) is 9.82. The molecule has 242 valence electrons. The summed E-state index contributed by atoms with van der Waals surface area (Å²) in [5.74, 6) is -50.3. The van der Waals surface area contributed by atoms with Gasteiger partial charge in [0.15, 0.2) is 5.60 Å². The maximum atomic E-state index is 14.7. The molecule has 0 radical (unpaired) electrons. The number of hydrogen-bond acceptors (Lipinski definition) is 3. The summed E-state index contributed by atoms with van der Waals surface area (Å²) in [4.78, 5) is 12.6. The fraction of sp³-hybridized carbons (Fsp3) is 0.480. The molecule has 43 heavy (non-hydrogen) atoms. The maximum absolute atomic E-state index is 14.7. The Hall–Kier alpha value is -3.18. The summed E-state index contributed by atoms with van der Waals surface area (Å²) < 4.78 is 209. The van der Waals surface area contributed by atoms with E-state index in [2.05, 4.69) is 4.74 Å². The van der Waals surface area contributed by atoms with Gasteiger partial charge in [-0.05, 0) is 24.0 Å². The molecular weight excluding hydrogens is 633 g/mol. The molecule has 0 aliphatic carbocycles. The van der Waals surface area contributed by atoms with Crippen LogP contribution in [0.2, 0.25) is 0 Å². The van der Waals surface area contributed by atoms with Gasteiger partial charge in [0.05, 0.1) is 6.42 Å². The largest absolute Gasteiger partial charge is 0.460 e. The number of aryl methyl sites for hydroxylation is 1. The molecule has 0 bridgehead atoms. The summed E-state index contributed by atoms with van der Waals surface area (Å²) >= 11 is 0. The van der Waals surface area contributed by atoms with E-state index in [1.807, 2.05) is 0 Å². The Balaban J connectivity index is 2.51. The van der Waals surface area contributed by atoms with Crippen molar-refractivity contribution in [3.63, 3.8) is 0 Å². The van der Waals surface area contributed by atoms with Crippen LogP contribution >= 0.6 is 0 Å². The Labute approximate surface area is 232 Å². The van der Waals surface area contributed by atoms with Crippen molar-refractivity contribution in [1.82, 2.24) is 0 Å². The highest BCUT2D eigenvalue weighted by molar-refractivity contribution is 5.79. The van der Waals surface area contributed by atoms with Crippen LogP contribution in [0, 0.1) is 0 Å². The van der Waals surface area contributed by atoms with Gasteiger partial charge in [-0.1, -0.05) is 60.7 Å². The summed E-state index contributed by atoms with van der Waals surface area (Å²) in [6, 6.07) is 13.4. The van der Waals surface area contributed by atoms with Crippen molar-refractivity contribution in [2.24, 2.45) is 0 Å². The summed E-state index contributed by atoms with van der Waals surface area (Å²) in [6.07, 6.45) is -13.0. The lowest BCUT2D eigenvalue weighted by atomic mass is 9.83. The number of halogens is 15. The quantitative estimate of drug-likeness (QED) is 0.177. The van der Waals surface area contributed by atoms with E-state index in [4.69, 9.17) is 0 Å². The normalized spacial score (nSPS) is 15.6. The number of carbonyl (C=O) groups is 1. The second-order valence-electron chi connectivity index (χ2n) is 9.33. The molecule has 0 amide bonds. The molecule has 0 saturated heterocycles. The number of alkyl halides is 15. The second-order valence-corrected chi connectivity index (χ2v) is 9.33. The lowest BCUT2D eigenvalue weighted by molar-refractivity contribution is -0.453. The van der Waals surface area contributed by atoms with E-state index in [0.29, 0.717) is 0 Å². The molecular formula is C25H19F15O3. The number of benzene rings is 2. The highest BCUT2D eigenvalue weighted by Crippen LogP contribution is 2.63. The molecule has 2 aromatic carbocycles. The Morgan fingerprint density at radius 1 is 0.581 bits per heavy atom. The first-order chi connectivity index (χ1) is 19.3. The summed E-state index contributed by atoms with van der Waals surface area (Å²) in [6.45, 7) is -0.845. The number of carbonyl (C=O) groups excluding carboxylic acids is 1. The molecule has 0 saturated carbocycles. The van der Waals surface area contributed by atoms with Gasteiger partial charge in [0.2, 0.25) is 0 Å². The van der Waals surface area contributed by atoms with Crippen LogP contribution in [0.25, 0.3) is 0 Å². The van der Waals surface area contributed by atoms with E-state index in [0.717, 1.165) is 0 Å². The molecule has 0 aliphatic heterocycles. The molecule has 2 aromatic rings. The van der Waals surface area contributed by atoms with Crippen LogP contribution in [0.5, 0.6) is 0 Å². The molecule has 1 unspecified atom stereocenters. The maximum Gasteiger partial charge on any atom is 0.460 e. The molecule has 0 spiro atoms. The molecule has 0 aromatic heterocycles. The zero-order valence-electron chi connectivity index (χ0n) is 21.0. The van der Waals surface area contributed by atoms with Crippen molar-refractivity contribution in [2.75, 3.05) is 0 Å². The number of ether oxygens (including phenoxy) is 1. The van der Waals surface area contributed by atoms with E-state index in [9.17, 15) is 75.8 Å². The predicted octanol–water partition coefficient (Wildman–Crippen LogP) is 7.86. The molecule has 1 N–H and O–H groups in total. The smallest absolute Gasteiger partial charge is 0.459 e. The zero-order valence-corrected chi connectivity index (χ0v) is 21.0. The standard InChI is InChI=1S/C25H19F15O3/c26-19(27,20(28,29)21(30,31)22(32,33)23(34,35)24(36,37)25(38,39)40)14-18(42,12-11-15-7-3-1-4-8-15)17(41)43-13-16-9-5-2-6-10-16/h1-10,42H,11-14H2. The van der Waals surface area contributed by atoms with Crippen LogP contribution < -0.4 is 0 Å². The number of aliphatic hydroxyl groups is 1. The molecule has 18 heteroatoms. The van der Waals surface area contributed by atoms with E-state index < -0.39 is 79.2 Å². The van der Waals surface area contributed by atoms with Crippen molar-refractivity contribution in [2.45, 2.75) is 73.2 Å². The number of hydrogen-bond donors (Lipinski definition) is 1. The Morgan fingerprint density at radius 2 is 0.977 bits per heavy atom. The van der Waals surface area contributed by atoms with Gasteiger partial charge in [-0.3, -0.25) is 0 Å². The van der Waals surface area contributed by atoms with Gasteiger partial charge in [0, 0.05) is 0 Å². The third-order valence-corrected chi connectivity index (χ3v) is 6.17. The van der Waals surface area contributed by atoms with Gasteiger partial charge in [-0.15, -0.1) is 0 Å². The highest BCUT2D eigenvalue weighted by Gasteiger charge is 2.93. The topological polar surface area (TPSA) is 46.5 Å². The molecule has 3 nitrogen and oxygen atoms in total. The van der Waals surface area contributed by atoms with E-state index >= 15 is 0 Å². The van der Waals surface area contributed by atoms with Gasteiger partial charge in [-0.2, -0.15) is 65.9 Å². The van der Waals surface area contributed by atoms with Gasteiger partial charge in [0.25, 0.3) is 0 Å². The third kappa shape index (κ3) is 6.52. The van der Waals surface area contributed by atoms with Crippen LogP contribution in [0.4, 0.5) is 65.9 Å². The minimum atomic E-state index is -8.48. The predicted molar refractivity (Wildman–Crippen MR) is 116 cm³/mol. The van der Waals surface area contributed by atoms with Gasteiger partial charge >= 0.3 is 47.7 Å². The van der Waals surface area contributed by atoms with Crippen LogP contribution in [0.1, 0.15) is 24.0 Å². The van der Waals surface area contributed by atoms with Crippen LogP contribution in [0.15, 0.2) is 60.7 Å². The van der Waals surface area contributed by atoms with Gasteiger partial charge in [0.1, 0.15) is 6.61 Å². The summed E-state index contributed by atoms with van der Waals surface area (Å²) in [7, 11) is 0. The second kappa shape index (κ2) is 11.7. The van der Waals surface area contributed by atoms with E-state index in [-0.39, 0.29) is 11.1 Å². The van der Waals surface area contributed by atoms with Crippen LogP contribution in [-0.4, -0.2) is 58.4 Å². The van der Waals surface area contributed by atoms with Crippen LogP contribution in [0.3, 0.4) is 0 Å². The molecule has 0 aliphatic rings. The van der Waals surface area contributed by atoms with Gasteiger partial charge < -0.3 is 9.84 Å². The Morgan fingerprint density at radius 3 is 1.42 bits per heavy atom. The minimum Gasteiger partial charge on any atom is -0.459 e. The highest BCUT2D eigenvalue weighted by atomic mass is 19.4. The average Bonchev–Trinajstić information content (AvgIpc) is 2.90. The van der Waals surface area contributed by atoms with Crippen LogP contribution in [-0.2, 0) is 22.6 Å². The van der Waals surface area contributed by atoms with Crippen molar-refractivity contribution in [3.8, 4) is 0 Å². The monoisotopic (exact) mass is 652 g/mol. The Bertz CT molecular complexity index is 1230.